The van der Waals surface area contributed by atoms with Gasteiger partial charge in [-0.25, -0.2) is 17.9 Å². The van der Waals surface area contributed by atoms with Crippen LogP contribution < -0.4 is 23.7 Å². The fourth-order valence-corrected chi connectivity index (χ4v) is 7.51. The van der Waals surface area contributed by atoms with Gasteiger partial charge in [-0.15, -0.1) is 11.3 Å². The molecule has 0 saturated heterocycles. The number of furan rings is 2. The lowest BCUT2D eigenvalue weighted by Crippen LogP contribution is -2.29. The smallest absolute Gasteiger partial charge is 0.371 e. The maximum atomic E-state index is 12.4. The number of benzene rings is 4. The first-order chi connectivity index (χ1) is 27.9. The first-order valence-corrected chi connectivity index (χ1v) is 20.1. The molecule has 0 aliphatic heterocycles. The topological polar surface area (TPSA) is 164 Å². The van der Waals surface area contributed by atoms with Crippen LogP contribution in [0.5, 0.6) is 23.0 Å². The summed E-state index contributed by atoms with van der Waals surface area (Å²) in [7, 11) is -0.662. The van der Waals surface area contributed by atoms with Gasteiger partial charge in [-0.1, -0.05) is 54.6 Å². The molecule has 14 heteroatoms. The molecule has 4 aromatic carbocycles. The number of carbonyl (C=O) groups is 2. The molecule has 0 radical (unpaired) electrons. The number of sulfonamides is 1. The number of nitrogens with one attached hydrogen (secondary N) is 1. The maximum Gasteiger partial charge on any atom is 0.371 e. The number of rotatable bonds is 14. The van der Waals surface area contributed by atoms with Crippen molar-refractivity contribution in [2.75, 3.05) is 14.2 Å². The lowest BCUT2D eigenvalue weighted by atomic mass is 10.1. The van der Waals surface area contributed by atoms with Crippen molar-refractivity contribution in [1.29, 1.82) is 0 Å². The summed E-state index contributed by atoms with van der Waals surface area (Å²) in [4.78, 5) is 23.3. The van der Waals surface area contributed by atoms with E-state index in [1.54, 1.807) is 39.5 Å². The fraction of sp³-hybridized carbons (Fsp3) is 0.136. The van der Waals surface area contributed by atoms with Gasteiger partial charge >= 0.3 is 11.9 Å². The third kappa shape index (κ3) is 10.3. The number of ether oxygens (including phenoxy) is 4. The minimum Gasteiger partial charge on any atom is -0.497 e. The zero-order valence-electron chi connectivity index (χ0n) is 31.9. The molecule has 7 rings (SSSR count). The van der Waals surface area contributed by atoms with E-state index in [0.717, 1.165) is 50.7 Å². The highest BCUT2D eigenvalue weighted by Gasteiger charge is 2.23. The molecule has 0 saturated carbocycles. The van der Waals surface area contributed by atoms with Gasteiger partial charge in [0, 0.05) is 11.1 Å². The van der Waals surface area contributed by atoms with Gasteiger partial charge in [-0.2, -0.15) is 0 Å². The molecular formula is C44H39NO11S2. The summed E-state index contributed by atoms with van der Waals surface area (Å²) in [5.74, 6) is 1.91. The molecule has 0 aliphatic carbocycles. The van der Waals surface area contributed by atoms with Crippen LogP contribution in [0.1, 0.15) is 43.8 Å². The van der Waals surface area contributed by atoms with Crippen molar-refractivity contribution in [2.24, 2.45) is 0 Å². The summed E-state index contributed by atoms with van der Waals surface area (Å²) in [5, 5.41) is 10.6. The van der Waals surface area contributed by atoms with Crippen molar-refractivity contribution in [3.63, 3.8) is 0 Å². The highest BCUT2D eigenvalue weighted by molar-refractivity contribution is 7.92. The van der Waals surface area contributed by atoms with Crippen LogP contribution >= 0.6 is 11.3 Å². The third-order valence-electron chi connectivity index (χ3n) is 8.81. The van der Waals surface area contributed by atoms with E-state index >= 15 is 0 Å². The summed E-state index contributed by atoms with van der Waals surface area (Å²) < 4.78 is 59.1. The second kappa shape index (κ2) is 18.4. The number of carboxylic acid groups (broad SMARTS) is 1. The highest BCUT2D eigenvalue weighted by Crippen LogP contribution is 2.27. The quantitative estimate of drug-likeness (QED) is 0.107. The predicted molar refractivity (Wildman–Crippen MR) is 218 cm³/mol. The lowest BCUT2D eigenvalue weighted by molar-refractivity contribution is 0.0660. The SMILES string of the molecule is COc1ccc(-c2ccc(OCc3cc(C(=O)NS(=O)(=O)c4cccs4)oc3C)cc2)cc1.COc1ccc(-c2ccc(OCc3cc(C(=O)O)oc3C)cc2)cc1. The fourth-order valence-electron chi connectivity index (χ4n) is 5.56. The Morgan fingerprint density at radius 2 is 1.02 bits per heavy atom. The standard InChI is InChI=1S/C24H21NO6S2.C20H18O5/c1-16-19(14-22(31-16)24(26)25-33(27,28)23-4-3-13-32-23)15-30-21-11-7-18(8-12-21)17-5-9-20(29-2)10-6-17;1-13-16(11-19(25-13)20(21)22)12-24-18-9-5-15(6-10-18)14-3-7-17(23-2)8-4-14/h3-14H,15H2,1-2H3,(H,25,26);3-11H,12H2,1-2H3,(H,21,22). The van der Waals surface area contributed by atoms with Crippen molar-refractivity contribution >= 4 is 33.2 Å². The van der Waals surface area contributed by atoms with Crippen LogP contribution in [0.3, 0.4) is 0 Å². The molecule has 7 aromatic rings. The van der Waals surface area contributed by atoms with Gasteiger partial charge in [0.05, 0.1) is 14.2 Å². The first kappa shape index (κ1) is 40.9. The Bertz CT molecular complexity index is 2560. The van der Waals surface area contributed by atoms with Crippen LogP contribution in [0.2, 0.25) is 0 Å². The molecule has 3 heterocycles. The van der Waals surface area contributed by atoms with Crippen molar-refractivity contribution < 1.29 is 50.9 Å². The molecule has 12 nitrogen and oxygen atoms in total. The van der Waals surface area contributed by atoms with E-state index in [1.807, 2.05) is 102 Å². The molecule has 298 valence electrons. The average molecular weight is 822 g/mol. The molecule has 0 aliphatic rings. The molecule has 3 aromatic heterocycles. The Labute approximate surface area is 339 Å². The Hall–Kier alpha value is -6.77. The Balaban J connectivity index is 0.000000203. The van der Waals surface area contributed by atoms with Crippen LogP contribution in [0.25, 0.3) is 22.3 Å². The van der Waals surface area contributed by atoms with E-state index in [1.165, 1.54) is 18.2 Å². The van der Waals surface area contributed by atoms with Gasteiger partial charge < -0.3 is 32.9 Å². The number of carboxylic acids is 1. The molecule has 58 heavy (non-hydrogen) atoms. The Morgan fingerprint density at radius 3 is 1.38 bits per heavy atom. The molecule has 0 unspecified atom stereocenters. The maximum absolute atomic E-state index is 12.4. The van der Waals surface area contributed by atoms with Crippen molar-refractivity contribution in [1.82, 2.24) is 4.72 Å². The monoisotopic (exact) mass is 821 g/mol. The summed E-state index contributed by atoms with van der Waals surface area (Å²) >= 11 is 1.02. The summed E-state index contributed by atoms with van der Waals surface area (Å²) in [5.41, 5.74) is 5.62. The zero-order valence-corrected chi connectivity index (χ0v) is 33.5. The van der Waals surface area contributed by atoms with Gasteiger partial charge in [-0.3, -0.25) is 4.79 Å². The lowest BCUT2D eigenvalue weighted by Gasteiger charge is -2.07. The first-order valence-electron chi connectivity index (χ1n) is 17.7. The summed E-state index contributed by atoms with van der Waals surface area (Å²) in [6, 6.07) is 36.9. The number of aromatic carboxylic acids is 1. The zero-order chi connectivity index (χ0) is 41.2. The molecule has 0 atom stereocenters. The largest absolute Gasteiger partial charge is 0.497 e. The number of methoxy groups -OCH3 is 2. The van der Waals surface area contributed by atoms with Gasteiger partial charge in [0.1, 0.15) is 51.9 Å². The minimum absolute atomic E-state index is 0.0563. The van der Waals surface area contributed by atoms with Crippen molar-refractivity contribution in [3.05, 3.63) is 161 Å². The van der Waals surface area contributed by atoms with Crippen LogP contribution in [0.4, 0.5) is 0 Å². The number of thiophene rings is 1. The van der Waals surface area contributed by atoms with Crippen LogP contribution in [-0.2, 0) is 23.2 Å². The van der Waals surface area contributed by atoms with Gasteiger partial charge in [-0.05, 0) is 108 Å². The van der Waals surface area contributed by atoms with Gasteiger partial charge in [0.25, 0.3) is 10.0 Å². The minimum atomic E-state index is -3.93. The number of hydrogen-bond acceptors (Lipinski definition) is 11. The van der Waals surface area contributed by atoms with Crippen molar-refractivity contribution in [3.8, 4) is 45.3 Å². The number of hydrogen-bond donors (Lipinski definition) is 2. The predicted octanol–water partition coefficient (Wildman–Crippen LogP) is 9.56. The molecule has 0 fully saturated rings. The van der Waals surface area contributed by atoms with E-state index in [0.29, 0.717) is 28.6 Å². The Kier molecular flexibility index (Phi) is 13.0. The normalized spacial score (nSPS) is 10.9. The number of aryl methyl sites for hydroxylation is 2. The second-order valence-corrected chi connectivity index (χ2v) is 15.5. The molecule has 0 bridgehead atoms. The Morgan fingerprint density at radius 1 is 0.621 bits per heavy atom. The van der Waals surface area contributed by atoms with E-state index in [9.17, 15) is 18.0 Å². The second-order valence-electron chi connectivity index (χ2n) is 12.6. The van der Waals surface area contributed by atoms with Crippen LogP contribution in [0.15, 0.2) is 140 Å². The summed E-state index contributed by atoms with van der Waals surface area (Å²) in [6.07, 6.45) is 0. The van der Waals surface area contributed by atoms with Crippen LogP contribution in [-0.4, -0.2) is 39.6 Å². The molecular weight excluding hydrogens is 783 g/mol. The molecule has 1 amide bonds. The molecule has 2 N–H and O–H groups in total. The van der Waals surface area contributed by atoms with Gasteiger partial charge in [0.2, 0.25) is 5.76 Å². The van der Waals surface area contributed by atoms with Gasteiger partial charge in [0.15, 0.2) is 5.76 Å². The van der Waals surface area contributed by atoms with Crippen LogP contribution in [0, 0.1) is 13.8 Å². The van der Waals surface area contributed by atoms with E-state index in [2.05, 4.69) is 0 Å². The van der Waals surface area contributed by atoms with Crippen molar-refractivity contribution in [2.45, 2.75) is 31.3 Å². The average Bonchev–Trinajstić information content (AvgIpc) is 4.01. The number of carbonyl (C=O) groups excluding carboxylic acids is 1. The number of amides is 1. The summed E-state index contributed by atoms with van der Waals surface area (Å²) in [6.45, 7) is 3.83. The highest BCUT2D eigenvalue weighted by atomic mass is 32.2. The van der Waals surface area contributed by atoms with E-state index < -0.39 is 21.9 Å². The van der Waals surface area contributed by atoms with E-state index in [-0.39, 0.29) is 28.9 Å². The third-order valence-corrected chi connectivity index (χ3v) is 11.5. The van der Waals surface area contributed by atoms with E-state index in [4.69, 9.17) is 32.9 Å². The molecule has 0 spiro atoms.